The smallest absolute Gasteiger partial charge is 0.145 e. The Morgan fingerprint density at radius 3 is 2.45 bits per heavy atom. The molecule has 1 aliphatic heterocycles. The first-order chi connectivity index (χ1) is 10.9. The lowest BCUT2D eigenvalue weighted by atomic mass is 9.71. The number of hydrogen-bond acceptors (Lipinski definition) is 3. The number of hydrogen-bond donors (Lipinski definition) is 1. The first-order valence-corrected chi connectivity index (χ1v) is 8.25. The molecule has 1 aromatic carbocycles. The van der Waals surface area contributed by atoms with Crippen molar-refractivity contribution < 1.29 is 4.74 Å². The molecule has 22 heavy (non-hydrogen) atoms. The van der Waals surface area contributed by atoms with Crippen LogP contribution in [-0.2, 0) is 0 Å². The van der Waals surface area contributed by atoms with Gasteiger partial charge in [0.25, 0.3) is 0 Å². The molecule has 1 aromatic heterocycles. The summed E-state index contributed by atoms with van der Waals surface area (Å²) in [6.07, 6.45) is 7.79. The molecule has 0 radical (unpaired) electrons. The van der Waals surface area contributed by atoms with Crippen molar-refractivity contribution in [2.75, 3.05) is 13.1 Å². The van der Waals surface area contributed by atoms with Gasteiger partial charge in [-0.2, -0.15) is 0 Å². The third-order valence-corrected chi connectivity index (χ3v) is 4.95. The minimum absolute atomic E-state index is 0.637. The van der Waals surface area contributed by atoms with Gasteiger partial charge in [-0.25, -0.2) is 0 Å². The molecule has 2 bridgehead atoms. The number of piperidine rings is 1. The van der Waals surface area contributed by atoms with Crippen LogP contribution < -0.4 is 10.1 Å². The van der Waals surface area contributed by atoms with Crippen molar-refractivity contribution in [1.82, 2.24) is 10.3 Å². The van der Waals surface area contributed by atoms with Gasteiger partial charge >= 0.3 is 0 Å². The summed E-state index contributed by atoms with van der Waals surface area (Å²) in [4.78, 5) is 4.41. The van der Waals surface area contributed by atoms with Crippen molar-refractivity contribution >= 4 is 0 Å². The van der Waals surface area contributed by atoms with E-state index in [0.29, 0.717) is 5.92 Å². The number of pyridine rings is 1. The second kappa shape index (κ2) is 6.09. The predicted molar refractivity (Wildman–Crippen MR) is 87.2 cm³/mol. The Morgan fingerprint density at radius 1 is 0.909 bits per heavy atom. The summed E-state index contributed by atoms with van der Waals surface area (Å²) >= 11 is 0. The maximum Gasteiger partial charge on any atom is 0.145 e. The Morgan fingerprint density at radius 2 is 1.68 bits per heavy atom. The SMILES string of the molecule is c1ccc(Oc2cncc(C3CC4CNCC(C4)C3)c2)cc1. The van der Waals surface area contributed by atoms with Crippen LogP contribution in [0.2, 0.25) is 0 Å². The first-order valence-electron chi connectivity index (χ1n) is 8.25. The molecule has 0 amide bonds. The maximum atomic E-state index is 5.93. The molecule has 114 valence electrons. The lowest BCUT2D eigenvalue weighted by Gasteiger charge is -2.39. The molecule has 2 fully saturated rings. The average Bonchev–Trinajstić information content (AvgIpc) is 2.56. The zero-order chi connectivity index (χ0) is 14.8. The van der Waals surface area contributed by atoms with Gasteiger partial charge < -0.3 is 10.1 Å². The van der Waals surface area contributed by atoms with E-state index in [0.717, 1.165) is 23.3 Å². The van der Waals surface area contributed by atoms with E-state index in [2.05, 4.69) is 16.4 Å². The minimum atomic E-state index is 0.637. The number of nitrogens with zero attached hydrogens (tertiary/aromatic N) is 1. The fourth-order valence-corrected chi connectivity index (χ4v) is 4.00. The molecule has 1 saturated carbocycles. The topological polar surface area (TPSA) is 34.1 Å². The summed E-state index contributed by atoms with van der Waals surface area (Å²) in [7, 11) is 0. The van der Waals surface area contributed by atoms with Crippen molar-refractivity contribution in [2.45, 2.75) is 25.2 Å². The lowest BCUT2D eigenvalue weighted by molar-refractivity contribution is 0.186. The molecular weight excluding hydrogens is 272 g/mol. The van der Waals surface area contributed by atoms with Gasteiger partial charge in [0, 0.05) is 6.20 Å². The maximum absolute atomic E-state index is 5.93. The summed E-state index contributed by atoms with van der Waals surface area (Å²) in [6, 6.07) is 12.1. The van der Waals surface area contributed by atoms with Crippen molar-refractivity contribution in [1.29, 1.82) is 0 Å². The number of nitrogens with one attached hydrogen (secondary N) is 1. The summed E-state index contributed by atoms with van der Waals surface area (Å²) < 4.78 is 5.93. The fraction of sp³-hybridized carbons (Fsp3) is 0.421. The van der Waals surface area contributed by atoms with E-state index < -0.39 is 0 Å². The average molecular weight is 294 g/mol. The zero-order valence-corrected chi connectivity index (χ0v) is 12.7. The van der Waals surface area contributed by atoms with Crippen LogP contribution in [0.15, 0.2) is 48.8 Å². The second-order valence-corrected chi connectivity index (χ2v) is 6.66. The van der Waals surface area contributed by atoms with Gasteiger partial charge in [0.1, 0.15) is 11.5 Å². The van der Waals surface area contributed by atoms with Gasteiger partial charge in [0.2, 0.25) is 0 Å². The van der Waals surface area contributed by atoms with Crippen LogP contribution in [0, 0.1) is 11.8 Å². The van der Waals surface area contributed by atoms with E-state index >= 15 is 0 Å². The highest BCUT2D eigenvalue weighted by Crippen LogP contribution is 2.41. The van der Waals surface area contributed by atoms with Crippen molar-refractivity contribution in [3.63, 3.8) is 0 Å². The number of para-hydroxylation sites is 1. The highest BCUT2D eigenvalue weighted by atomic mass is 16.5. The van der Waals surface area contributed by atoms with Crippen molar-refractivity contribution in [3.05, 3.63) is 54.4 Å². The largest absolute Gasteiger partial charge is 0.456 e. The van der Waals surface area contributed by atoms with Crippen molar-refractivity contribution in [3.8, 4) is 11.5 Å². The molecule has 0 spiro atoms. The van der Waals surface area contributed by atoms with Crippen LogP contribution in [0.3, 0.4) is 0 Å². The monoisotopic (exact) mass is 294 g/mol. The fourth-order valence-electron chi connectivity index (χ4n) is 4.00. The van der Waals surface area contributed by atoms with E-state index in [1.165, 1.54) is 37.9 Å². The number of fused-ring (bicyclic) bond motifs is 2. The molecule has 2 atom stereocenters. The highest BCUT2D eigenvalue weighted by Gasteiger charge is 2.32. The van der Waals surface area contributed by atoms with Gasteiger partial charge in [-0.05, 0) is 73.9 Å². The van der Waals surface area contributed by atoms with Crippen molar-refractivity contribution in [2.24, 2.45) is 11.8 Å². The molecule has 2 unspecified atom stereocenters. The molecule has 3 nitrogen and oxygen atoms in total. The molecule has 2 aromatic rings. The summed E-state index contributed by atoms with van der Waals surface area (Å²) in [5.41, 5.74) is 1.34. The molecule has 1 aliphatic carbocycles. The molecule has 1 N–H and O–H groups in total. The van der Waals surface area contributed by atoms with Crippen LogP contribution in [0.1, 0.15) is 30.7 Å². The number of aromatic nitrogens is 1. The Bertz CT molecular complexity index is 616. The standard InChI is InChI=1S/C19H22N2O/c1-2-4-18(5-3-1)22-19-9-17(12-21-13-19)16-7-14-6-15(8-16)11-20-10-14/h1-5,9,12-16,20H,6-8,10-11H2. The summed E-state index contributed by atoms with van der Waals surface area (Å²) in [6.45, 7) is 2.36. The van der Waals surface area contributed by atoms with E-state index in [9.17, 15) is 0 Å². The van der Waals surface area contributed by atoms with E-state index in [-0.39, 0.29) is 0 Å². The number of ether oxygens (including phenoxy) is 1. The summed E-state index contributed by atoms with van der Waals surface area (Å²) in [5.74, 6) is 4.01. The third kappa shape index (κ3) is 3.00. The summed E-state index contributed by atoms with van der Waals surface area (Å²) in [5, 5.41) is 3.56. The van der Waals surface area contributed by atoms with Crippen LogP contribution in [-0.4, -0.2) is 18.1 Å². The zero-order valence-electron chi connectivity index (χ0n) is 12.7. The lowest BCUT2D eigenvalue weighted by Crippen LogP contribution is -2.40. The normalized spacial score (nSPS) is 27.4. The van der Waals surface area contributed by atoms with E-state index in [4.69, 9.17) is 4.74 Å². The predicted octanol–water partition coefficient (Wildman–Crippen LogP) is 3.98. The Hall–Kier alpha value is -1.87. The molecule has 4 rings (SSSR count). The molecule has 3 heteroatoms. The van der Waals surface area contributed by atoms with Crippen LogP contribution >= 0.6 is 0 Å². The number of rotatable bonds is 3. The van der Waals surface area contributed by atoms with Gasteiger partial charge in [-0.15, -0.1) is 0 Å². The van der Waals surface area contributed by atoms with E-state index in [1.54, 1.807) is 0 Å². The van der Waals surface area contributed by atoms with Gasteiger partial charge in [0.15, 0.2) is 0 Å². The molecule has 1 saturated heterocycles. The first kappa shape index (κ1) is 13.8. The van der Waals surface area contributed by atoms with Crippen LogP contribution in [0.25, 0.3) is 0 Å². The quantitative estimate of drug-likeness (QED) is 0.930. The minimum Gasteiger partial charge on any atom is -0.456 e. The Kier molecular flexibility index (Phi) is 3.81. The van der Waals surface area contributed by atoms with E-state index in [1.807, 2.05) is 42.7 Å². The molecule has 2 heterocycles. The van der Waals surface area contributed by atoms with Gasteiger partial charge in [-0.1, -0.05) is 18.2 Å². The van der Waals surface area contributed by atoms with Crippen LogP contribution in [0.4, 0.5) is 0 Å². The third-order valence-electron chi connectivity index (χ3n) is 4.95. The van der Waals surface area contributed by atoms with Crippen LogP contribution in [0.5, 0.6) is 11.5 Å². The molecular formula is C19H22N2O. The molecule has 2 aliphatic rings. The van der Waals surface area contributed by atoms with Gasteiger partial charge in [0.05, 0.1) is 6.20 Å². The highest BCUT2D eigenvalue weighted by molar-refractivity contribution is 5.32. The van der Waals surface area contributed by atoms with Gasteiger partial charge in [-0.3, -0.25) is 4.98 Å². The number of benzene rings is 1. The Balaban J connectivity index is 1.52. The Labute approximate surface area is 131 Å². The second-order valence-electron chi connectivity index (χ2n) is 6.66.